The molecule has 1 aromatic carbocycles. The van der Waals surface area contributed by atoms with Crippen LogP contribution in [-0.2, 0) is 18.8 Å². The number of guanidine groups is 1. The van der Waals surface area contributed by atoms with Gasteiger partial charge >= 0.3 is 0 Å². The second-order valence-electron chi connectivity index (χ2n) is 4.76. The minimum atomic E-state index is -0.187. The first-order valence-corrected chi connectivity index (χ1v) is 9.28. The highest BCUT2D eigenvalue weighted by Gasteiger charge is 2.05. The summed E-state index contributed by atoms with van der Waals surface area (Å²) in [6, 6.07) is 7.03. The molecule has 0 bridgehead atoms. The molecule has 2 aromatic rings. The van der Waals surface area contributed by atoms with Crippen molar-refractivity contribution in [2.24, 2.45) is 4.99 Å². The molecule has 2 rings (SSSR count). The van der Waals surface area contributed by atoms with Crippen LogP contribution in [0, 0.1) is 5.82 Å². The van der Waals surface area contributed by atoms with Gasteiger partial charge in [-0.25, -0.2) is 4.39 Å². The third-order valence-corrected chi connectivity index (χ3v) is 4.51. The van der Waals surface area contributed by atoms with Gasteiger partial charge in [0.1, 0.15) is 5.82 Å². The van der Waals surface area contributed by atoms with Crippen molar-refractivity contribution in [3.05, 3.63) is 57.5 Å². The van der Waals surface area contributed by atoms with Crippen molar-refractivity contribution in [1.29, 1.82) is 0 Å². The molecule has 2 N–H and O–H groups in total. The predicted octanol–water partition coefficient (Wildman–Crippen LogP) is 4.23. The average molecular weight is 465 g/mol. The molecule has 1 heterocycles. The molecule has 0 radical (unpaired) electrons. The first kappa shape index (κ1) is 20.2. The molecule has 0 aliphatic heterocycles. The zero-order valence-electron chi connectivity index (χ0n) is 13.1. The predicted molar refractivity (Wildman–Crippen MR) is 110 cm³/mol. The van der Waals surface area contributed by atoms with Crippen molar-refractivity contribution in [2.45, 2.75) is 18.8 Å². The van der Waals surface area contributed by atoms with E-state index in [-0.39, 0.29) is 29.8 Å². The van der Waals surface area contributed by atoms with Crippen LogP contribution in [0.4, 0.5) is 4.39 Å². The van der Waals surface area contributed by atoms with Gasteiger partial charge in [0.15, 0.2) is 5.96 Å². The van der Waals surface area contributed by atoms with Crippen molar-refractivity contribution in [3.63, 3.8) is 0 Å². The molecule has 0 amide bonds. The maximum absolute atomic E-state index is 13.3. The molecular weight excluding hydrogens is 444 g/mol. The van der Waals surface area contributed by atoms with Crippen LogP contribution < -0.4 is 10.6 Å². The van der Waals surface area contributed by atoms with E-state index in [1.807, 2.05) is 12.3 Å². The summed E-state index contributed by atoms with van der Waals surface area (Å²) in [6.07, 6.45) is 2.02. The van der Waals surface area contributed by atoms with Crippen LogP contribution in [0.25, 0.3) is 0 Å². The maximum atomic E-state index is 13.3. The lowest BCUT2D eigenvalue weighted by Crippen LogP contribution is -2.36. The topological polar surface area (TPSA) is 36.4 Å². The number of aliphatic imine (C=N–C) groups is 1. The van der Waals surface area contributed by atoms with Crippen molar-refractivity contribution < 1.29 is 4.39 Å². The Kier molecular flexibility index (Phi) is 9.57. The molecule has 0 unspecified atom stereocenters. The van der Waals surface area contributed by atoms with E-state index in [0.29, 0.717) is 6.54 Å². The van der Waals surface area contributed by atoms with E-state index in [0.717, 1.165) is 29.4 Å². The summed E-state index contributed by atoms with van der Waals surface area (Å²) in [7, 11) is 1.75. The Morgan fingerprint density at radius 3 is 2.65 bits per heavy atom. The highest BCUT2D eigenvalue weighted by Crippen LogP contribution is 2.16. The second kappa shape index (κ2) is 10.9. The first-order valence-electron chi connectivity index (χ1n) is 6.94. The molecule has 0 aliphatic carbocycles. The summed E-state index contributed by atoms with van der Waals surface area (Å²) in [5, 5.41) is 10.7. The molecular formula is C16H21FIN3S2. The van der Waals surface area contributed by atoms with Gasteiger partial charge in [-0.3, -0.25) is 4.99 Å². The minimum absolute atomic E-state index is 0. The Labute approximate surface area is 162 Å². The molecule has 7 heteroatoms. The Morgan fingerprint density at radius 1 is 1.22 bits per heavy atom. The van der Waals surface area contributed by atoms with E-state index >= 15 is 0 Å². The van der Waals surface area contributed by atoms with E-state index < -0.39 is 0 Å². The number of benzene rings is 1. The molecule has 0 saturated carbocycles. The quantitative estimate of drug-likeness (QED) is 0.381. The van der Waals surface area contributed by atoms with Gasteiger partial charge in [0.25, 0.3) is 0 Å². The van der Waals surface area contributed by atoms with Gasteiger partial charge < -0.3 is 10.6 Å². The van der Waals surface area contributed by atoms with Crippen LogP contribution in [0.2, 0.25) is 0 Å². The van der Waals surface area contributed by atoms with Gasteiger partial charge in [0, 0.05) is 25.9 Å². The van der Waals surface area contributed by atoms with Crippen LogP contribution in [0.3, 0.4) is 0 Å². The molecule has 1 aromatic heterocycles. The first-order chi connectivity index (χ1) is 10.7. The van der Waals surface area contributed by atoms with E-state index in [2.05, 4.69) is 32.5 Å². The van der Waals surface area contributed by atoms with Crippen molar-refractivity contribution in [1.82, 2.24) is 10.6 Å². The summed E-state index contributed by atoms with van der Waals surface area (Å²) < 4.78 is 13.3. The Morgan fingerprint density at radius 2 is 2.00 bits per heavy atom. The highest BCUT2D eigenvalue weighted by molar-refractivity contribution is 14.0. The molecule has 23 heavy (non-hydrogen) atoms. The number of hydrogen-bond acceptors (Lipinski definition) is 3. The summed E-state index contributed by atoms with van der Waals surface area (Å²) in [4.78, 5) is 4.21. The van der Waals surface area contributed by atoms with E-state index in [9.17, 15) is 4.39 Å². The molecule has 126 valence electrons. The van der Waals surface area contributed by atoms with E-state index in [4.69, 9.17) is 0 Å². The fourth-order valence-electron chi connectivity index (χ4n) is 2.04. The normalized spacial score (nSPS) is 11.0. The van der Waals surface area contributed by atoms with Crippen LogP contribution in [-0.4, -0.2) is 19.3 Å². The summed E-state index contributed by atoms with van der Waals surface area (Å²) in [6.45, 7) is 1.36. The number of halogens is 2. The molecule has 0 fully saturated rings. The van der Waals surface area contributed by atoms with Crippen molar-refractivity contribution in [2.75, 3.05) is 13.3 Å². The van der Waals surface area contributed by atoms with E-state index in [1.54, 1.807) is 36.2 Å². The maximum Gasteiger partial charge on any atom is 0.191 e. The number of hydrogen-bond donors (Lipinski definition) is 2. The van der Waals surface area contributed by atoms with Crippen molar-refractivity contribution >= 4 is 53.0 Å². The van der Waals surface area contributed by atoms with Gasteiger partial charge in [-0.15, -0.1) is 24.0 Å². The molecule has 0 aliphatic rings. The number of thiophene rings is 1. The average Bonchev–Trinajstić information content (AvgIpc) is 3.03. The number of thioether (sulfide) groups is 1. The SMILES string of the molecule is CN=C(NCc1ccsc1)NCc1ccc(F)cc1CSC.I. The fraction of sp³-hybridized carbons (Fsp3) is 0.312. The highest BCUT2D eigenvalue weighted by atomic mass is 127. The van der Waals surface area contributed by atoms with E-state index in [1.165, 1.54) is 11.6 Å². The summed E-state index contributed by atoms with van der Waals surface area (Å²) in [5.41, 5.74) is 3.35. The lowest BCUT2D eigenvalue weighted by atomic mass is 10.1. The molecule has 3 nitrogen and oxygen atoms in total. The molecule has 0 saturated heterocycles. The van der Waals surface area contributed by atoms with Gasteiger partial charge in [-0.1, -0.05) is 6.07 Å². The lowest BCUT2D eigenvalue weighted by molar-refractivity contribution is 0.625. The van der Waals surface area contributed by atoms with Gasteiger partial charge in [0.2, 0.25) is 0 Å². The zero-order valence-corrected chi connectivity index (χ0v) is 17.1. The Hall–Kier alpha value is -0.800. The largest absolute Gasteiger partial charge is 0.352 e. The van der Waals surface area contributed by atoms with Gasteiger partial charge in [-0.05, 0) is 51.9 Å². The van der Waals surface area contributed by atoms with Crippen LogP contribution in [0.5, 0.6) is 0 Å². The Bertz CT molecular complexity index is 618. The number of nitrogens with zero attached hydrogens (tertiary/aromatic N) is 1. The van der Waals surface area contributed by atoms with Crippen LogP contribution in [0.15, 0.2) is 40.0 Å². The monoisotopic (exact) mass is 465 g/mol. The molecule has 0 atom stereocenters. The third kappa shape index (κ3) is 6.68. The Balaban J connectivity index is 0.00000264. The summed E-state index contributed by atoms with van der Waals surface area (Å²) in [5.74, 6) is 1.36. The van der Waals surface area contributed by atoms with Crippen molar-refractivity contribution in [3.8, 4) is 0 Å². The lowest BCUT2D eigenvalue weighted by Gasteiger charge is -2.14. The van der Waals surface area contributed by atoms with Gasteiger partial charge in [0.05, 0.1) is 0 Å². The van der Waals surface area contributed by atoms with Crippen LogP contribution in [0.1, 0.15) is 16.7 Å². The third-order valence-electron chi connectivity index (χ3n) is 3.18. The minimum Gasteiger partial charge on any atom is -0.352 e. The standard InChI is InChI=1S/C16H20FN3S2.HI/c1-18-16(19-8-12-5-6-22-10-12)20-9-13-3-4-15(17)7-14(13)11-21-2;/h3-7,10H,8-9,11H2,1-2H3,(H2,18,19,20);1H. The van der Waals surface area contributed by atoms with Crippen LogP contribution >= 0.6 is 47.1 Å². The number of rotatable bonds is 6. The summed E-state index contributed by atoms with van der Waals surface area (Å²) >= 11 is 3.37. The zero-order chi connectivity index (χ0) is 15.8. The smallest absolute Gasteiger partial charge is 0.191 e. The second-order valence-corrected chi connectivity index (χ2v) is 6.40. The number of nitrogens with one attached hydrogen (secondary N) is 2. The van der Waals surface area contributed by atoms with Gasteiger partial charge in [-0.2, -0.15) is 23.1 Å². The fourth-order valence-corrected chi connectivity index (χ4v) is 3.28. The molecule has 0 spiro atoms.